The Balaban J connectivity index is 1.28. The Morgan fingerprint density at radius 3 is 2.56 bits per heavy atom. The fourth-order valence-corrected chi connectivity index (χ4v) is 3.65. The highest BCUT2D eigenvalue weighted by Crippen LogP contribution is 2.20. The molecule has 0 aliphatic heterocycles. The summed E-state index contributed by atoms with van der Waals surface area (Å²) in [5.74, 6) is 0.628. The van der Waals surface area contributed by atoms with Gasteiger partial charge in [0.05, 0.1) is 6.21 Å². The van der Waals surface area contributed by atoms with E-state index in [9.17, 15) is 4.79 Å². The van der Waals surface area contributed by atoms with E-state index in [-0.39, 0.29) is 29.6 Å². The SMILES string of the molecule is Nc1nonc1-n1nnc(C(=O)NN=Cc2cccc(OCc3ccccc3Cl)c2)c1COc1ccccc1. The first-order chi connectivity index (χ1) is 19.1. The molecular formula is C26H21ClN8O4. The summed E-state index contributed by atoms with van der Waals surface area (Å²) in [5.41, 5.74) is 10.1. The number of hydrazone groups is 1. The molecule has 39 heavy (non-hydrogen) atoms. The van der Waals surface area contributed by atoms with Crippen LogP contribution in [0.1, 0.15) is 27.3 Å². The summed E-state index contributed by atoms with van der Waals surface area (Å²) in [7, 11) is 0. The van der Waals surface area contributed by atoms with Gasteiger partial charge in [-0.1, -0.05) is 65.3 Å². The third kappa shape index (κ3) is 6.19. The predicted octanol–water partition coefficient (Wildman–Crippen LogP) is 3.81. The number of nitrogen functional groups attached to an aromatic ring is 1. The van der Waals surface area contributed by atoms with Gasteiger partial charge in [0.15, 0.2) is 5.69 Å². The monoisotopic (exact) mass is 544 g/mol. The number of benzene rings is 3. The van der Waals surface area contributed by atoms with Gasteiger partial charge in [-0.2, -0.15) is 9.78 Å². The minimum Gasteiger partial charge on any atom is -0.489 e. The standard InChI is InChI=1S/C26H21ClN8O4/c27-21-12-5-4-8-18(21)15-37-20-11-6-7-17(13-20)14-29-31-26(36)23-22(16-38-19-9-2-1-3-10-19)35(34-30-23)25-24(28)32-39-33-25/h1-14H,15-16H2,(H2,28,32)(H,31,36). The number of nitrogens with one attached hydrogen (secondary N) is 1. The fourth-order valence-electron chi connectivity index (χ4n) is 3.46. The molecule has 196 valence electrons. The average Bonchev–Trinajstić information content (AvgIpc) is 3.57. The molecule has 0 saturated carbocycles. The minimum absolute atomic E-state index is 0.0255. The number of ether oxygens (including phenoxy) is 2. The molecule has 0 aliphatic rings. The Hall–Kier alpha value is -5.23. The van der Waals surface area contributed by atoms with E-state index < -0.39 is 5.91 Å². The second kappa shape index (κ2) is 11.9. The summed E-state index contributed by atoms with van der Waals surface area (Å²) in [6.45, 7) is 0.243. The Kier molecular flexibility index (Phi) is 7.74. The number of carbonyl (C=O) groups is 1. The van der Waals surface area contributed by atoms with Crippen molar-refractivity contribution in [1.29, 1.82) is 0 Å². The van der Waals surface area contributed by atoms with Crippen molar-refractivity contribution < 1.29 is 18.9 Å². The van der Waals surface area contributed by atoms with Gasteiger partial charge in [0, 0.05) is 10.6 Å². The molecule has 1 amide bonds. The van der Waals surface area contributed by atoms with E-state index in [2.05, 4.69) is 35.8 Å². The van der Waals surface area contributed by atoms with Crippen molar-refractivity contribution in [3.05, 3.63) is 106 Å². The molecule has 3 aromatic carbocycles. The summed E-state index contributed by atoms with van der Waals surface area (Å²) in [5, 5.41) is 19.9. The number of carbonyl (C=O) groups excluding carboxylic acids is 1. The maximum atomic E-state index is 13.0. The molecule has 2 aromatic heterocycles. The van der Waals surface area contributed by atoms with Crippen molar-refractivity contribution in [3.8, 4) is 17.3 Å². The summed E-state index contributed by atoms with van der Waals surface area (Å²) in [4.78, 5) is 13.0. The topological polar surface area (TPSA) is 156 Å². The van der Waals surface area contributed by atoms with Crippen LogP contribution in [-0.2, 0) is 13.2 Å². The van der Waals surface area contributed by atoms with Crippen molar-refractivity contribution in [2.75, 3.05) is 5.73 Å². The van der Waals surface area contributed by atoms with Gasteiger partial charge in [-0.05, 0) is 46.2 Å². The van der Waals surface area contributed by atoms with E-state index in [0.29, 0.717) is 28.7 Å². The van der Waals surface area contributed by atoms with Gasteiger partial charge in [0.2, 0.25) is 11.6 Å². The minimum atomic E-state index is -0.620. The van der Waals surface area contributed by atoms with Gasteiger partial charge in [-0.15, -0.1) is 5.10 Å². The number of hydrogen-bond donors (Lipinski definition) is 2. The van der Waals surface area contributed by atoms with Crippen LogP contribution in [0.15, 0.2) is 88.6 Å². The Morgan fingerprint density at radius 2 is 1.77 bits per heavy atom. The van der Waals surface area contributed by atoms with Crippen LogP contribution in [0.5, 0.6) is 11.5 Å². The normalized spacial score (nSPS) is 11.0. The number of hydrogen-bond acceptors (Lipinski definition) is 10. The molecule has 5 rings (SSSR count). The molecule has 5 aromatic rings. The maximum Gasteiger partial charge on any atom is 0.293 e. The Morgan fingerprint density at radius 1 is 1.00 bits per heavy atom. The van der Waals surface area contributed by atoms with Crippen LogP contribution in [0.2, 0.25) is 5.02 Å². The fraction of sp³-hybridized carbons (Fsp3) is 0.0769. The van der Waals surface area contributed by atoms with Crippen LogP contribution in [-0.4, -0.2) is 37.4 Å². The van der Waals surface area contributed by atoms with Crippen molar-refractivity contribution in [2.24, 2.45) is 5.10 Å². The number of amides is 1. The van der Waals surface area contributed by atoms with Crippen molar-refractivity contribution >= 4 is 29.5 Å². The van der Waals surface area contributed by atoms with Crippen molar-refractivity contribution in [1.82, 2.24) is 30.7 Å². The molecule has 0 saturated heterocycles. The number of aromatic nitrogens is 5. The van der Waals surface area contributed by atoms with E-state index in [1.54, 1.807) is 24.3 Å². The number of rotatable bonds is 10. The molecule has 0 fully saturated rings. The highest BCUT2D eigenvalue weighted by molar-refractivity contribution is 6.31. The zero-order valence-corrected chi connectivity index (χ0v) is 21.0. The second-order valence-corrected chi connectivity index (χ2v) is 8.43. The first kappa shape index (κ1) is 25.4. The first-order valence-electron chi connectivity index (χ1n) is 11.6. The summed E-state index contributed by atoms with van der Waals surface area (Å²) in [6, 6.07) is 23.7. The lowest BCUT2D eigenvalue weighted by molar-refractivity contribution is 0.0947. The first-order valence-corrected chi connectivity index (χ1v) is 12.0. The Bertz CT molecular complexity index is 1600. The van der Waals surface area contributed by atoms with Crippen molar-refractivity contribution in [2.45, 2.75) is 13.2 Å². The number of para-hydroxylation sites is 1. The lowest BCUT2D eigenvalue weighted by atomic mass is 10.2. The molecule has 0 radical (unpaired) electrons. The summed E-state index contributed by atoms with van der Waals surface area (Å²) < 4.78 is 17.5. The van der Waals surface area contributed by atoms with E-state index in [1.807, 2.05) is 54.6 Å². The highest BCUT2D eigenvalue weighted by atomic mass is 35.5. The summed E-state index contributed by atoms with van der Waals surface area (Å²) >= 11 is 6.19. The van der Waals surface area contributed by atoms with Gasteiger partial charge in [-0.25, -0.2) is 10.1 Å². The largest absolute Gasteiger partial charge is 0.489 e. The smallest absolute Gasteiger partial charge is 0.293 e. The van der Waals surface area contributed by atoms with Crippen LogP contribution in [0.3, 0.4) is 0 Å². The predicted molar refractivity (Wildman–Crippen MR) is 142 cm³/mol. The zero-order chi connectivity index (χ0) is 27.0. The van der Waals surface area contributed by atoms with E-state index in [1.165, 1.54) is 10.9 Å². The maximum absolute atomic E-state index is 13.0. The van der Waals surface area contributed by atoms with Gasteiger partial charge >= 0.3 is 0 Å². The molecule has 0 bridgehead atoms. The lowest BCUT2D eigenvalue weighted by Gasteiger charge is -2.08. The van der Waals surface area contributed by atoms with Crippen LogP contribution >= 0.6 is 11.6 Å². The quantitative estimate of drug-likeness (QED) is 0.197. The van der Waals surface area contributed by atoms with Gasteiger partial charge in [0.1, 0.15) is 30.4 Å². The highest BCUT2D eigenvalue weighted by Gasteiger charge is 2.24. The molecule has 0 aliphatic carbocycles. The average molecular weight is 545 g/mol. The van der Waals surface area contributed by atoms with Crippen LogP contribution in [0.25, 0.3) is 5.82 Å². The number of nitrogens with two attached hydrogens (primary N) is 1. The van der Waals surface area contributed by atoms with Crippen molar-refractivity contribution in [3.63, 3.8) is 0 Å². The van der Waals surface area contributed by atoms with Gasteiger partial charge in [-0.3, -0.25) is 4.79 Å². The molecule has 12 nitrogen and oxygen atoms in total. The lowest BCUT2D eigenvalue weighted by Crippen LogP contribution is -2.21. The molecule has 2 heterocycles. The second-order valence-electron chi connectivity index (χ2n) is 8.02. The number of halogens is 1. The van der Waals surface area contributed by atoms with E-state index in [0.717, 1.165) is 5.56 Å². The van der Waals surface area contributed by atoms with E-state index >= 15 is 0 Å². The van der Waals surface area contributed by atoms with Crippen LogP contribution < -0.4 is 20.6 Å². The van der Waals surface area contributed by atoms with Crippen LogP contribution in [0, 0.1) is 0 Å². The van der Waals surface area contributed by atoms with Gasteiger partial charge < -0.3 is 15.2 Å². The summed E-state index contributed by atoms with van der Waals surface area (Å²) in [6.07, 6.45) is 1.48. The molecular weight excluding hydrogens is 524 g/mol. The third-order valence-corrected chi connectivity index (χ3v) is 5.75. The third-order valence-electron chi connectivity index (χ3n) is 5.38. The molecule has 0 unspecified atom stereocenters. The Labute approximate surface area is 226 Å². The molecule has 0 atom stereocenters. The number of anilines is 1. The molecule has 13 heteroatoms. The molecule has 0 spiro atoms. The zero-order valence-electron chi connectivity index (χ0n) is 20.3. The molecule has 3 N–H and O–H groups in total. The van der Waals surface area contributed by atoms with E-state index in [4.69, 9.17) is 26.8 Å². The van der Waals surface area contributed by atoms with Crippen LogP contribution in [0.4, 0.5) is 5.82 Å². The number of nitrogens with zero attached hydrogens (tertiary/aromatic N) is 6. The van der Waals surface area contributed by atoms with Gasteiger partial charge in [0.25, 0.3) is 5.91 Å².